The fraction of sp³-hybridized carbons (Fsp3) is 0.308. The van der Waals surface area contributed by atoms with Crippen molar-refractivity contribution in [1.82, 2.24) is 117 Å². The summed E-state index contributed by atoms with van der Waals surface area (Å²) in [6.45, 7) is 15.6. The number of nitrogens with zero attached hydrogens (tertiary/aromatic N) is 24. The van der Waals surface area contributed by atoms with Gasteiger partial charge in [0.05, 0.1) is 146 Å². The number of pyridine rings is 4. The van der Waals surface area contributed by atoms with E-state index in [2.05, 4.69) is 80.2 Å². The first-order valence-corrected chi connectivity index (χ1v) is 46.4. The van der Waals surface area contributed by atoms with Gasteiger partial charge in [-0.25, -0.2) is 78.5 Å². The van der Waals surface area contributed by atoms with Gasteiger partial charge in [-0.3, -0.25) is 0 Å². The third-order valence-corrected chi connectivity index (χ3v) is 25.5. The Morgan fingerprint density at radius 2 is 0.465 bits per heavy atom. The Labute approximate surface area is 819 Å². The van der Waals surface area contributed by atoms with Crippen molar-refractivity contribution >= 4 is 48.6 Å². The molecule has 0 spiro atoms. The first-order valence-electron chi connectivity index (χ1n) is 46.4. The lowest BCUT2D eigenvalue weighted by atomic mass is 9.86. The molecule has 0 radical (unpaired) electrons. The van der Waals surface area contributed by atoms with Crippen molar-refractivity contribution in [3.8, 4) is 46.3 Å². The average Bonchev–Trinajstić information content (AvgIpc) is 1.58. The van der Waals surface area contributed by atoms with E-state index in [0.717, 1.165) is 69.8 Å². The largest absolute Gasteiger partial charge is 0.479 e. The molecule has 0 aliphatic carbocycles. The second kappa shape index (κ2) is 41.8. The van der Waals surface area contributed by atoms with Crippen LogP contribution in [-0.2, 0) is 24.7 Å². The molecule has 0 saturated carbocycles. The van der Waals surface area contributed by atoms with Gasteiger partial charge in [0, 0.05) is 48.5 Å². The summed E-state index contributed by atoms with van der Waals surface area (Å²) < 4.78 is 201. The lowest BCUT2D eigenvalue weighted by molar-refractivity contribution is -0.139. The lowest BCUT2D eigenvalue weighted by Gasteiger charge is -2.28. The van der Waals surface area contributed by atoms with Gasteiger partial charge < -0.3 is 37.2 Å². The smallest absolute Gasteiger partial charge is 0.416 e. The molecule has 4 aliphatic rings. The van der Waals surface area contributed by atoms with E-state index in [1.165, 1.54) is 48.5 Å². The van der Waals surface area contributed by atoms with Gasteiger partial charge in [0.15, 0.2) is 23.3 Å². The quantitative estimate of drug-likeness (QED) is 0.0641. The van der Waals surface area contributed by atoms with Crippen molar-refractivity contribution in [1.29, 1.82) is 0 Å². The predicted molar refractivity (Wildman–Crippen MR) is 515 cm³/mol. The molecule has 0 N–H and O–H groups in total. The van der Waals surface area contributed by atoms with E-state index in [0.29, 0.717) is 144 Å². The van der Waals surface area contributed by atoms with E-state index >= 15 is 0 Å². The summed E-state index contributed by atoms with van der Waals surface area (Å²) in [4.78, 5) is 53.7. The van der Waals surface area contributed by atoms with Crippen molar-refractivity contribution in [3.63, 3.8) is 0 Å². The number of rotatable bonds is 20. The van der Waals surface area contributed by atoms with Crippen LogP contribution in [0.3, 0.4) is 0 Å². The number of benzene rings is 4. The minimum absolute atomic E-state index is 0.0417. The lowest BCUT2D eigenvalue weighted by Crippen LogP contribution is -2.23. The van der Waals surface area contributed by atoms with Crippen molar-refractivity contribution in [3.05, 3.63) is 332 Å². The number of imidazole rings is 4. The number of hydrogen-bond acceptors (Lipinski definition) is 20. The summed E-state index contributed by atoms with van der Waals surface area (Å²) in [6.07, 6.45) is 15.6. The summed E-state index contributed by atoms with van der Waals surface area (Å²) in [7, 11) is 6.20. The molecule has 40 heteroatoms. The maximum absolute atomic E-state index is 13.7. The van der Waals surface area contributed by atoms with Gasteiger partial charge in [-0.15, -0.1) is 0 Å². The molecule has 0 fully saturated rings. The number of ether oxygens (including phenoxy) is 4. The number of alkyl halides is 12. The summed E-state index contributed by atoms with van der Waals surface area (Å²) in [6, 6.07) is 37.9. The Balaban J connectivity index is 0.000000132. The Morgan fingerprint density at radius 3 is 0.646 bits per heavy atom. The highest BCUT2D eigenvalue weighted by Gasteiger charge is 2.44. The Hall–Kier alpha value is -15.8. The van der Waals surface area contributed by atoms with E-state index in [4.69, 9.17) is 18.9 Å². The van der Waals surface area contributed by atoms with Crippen LogP contribution in [0.2, 0.25) is 0 Å². The molecule has 0 bridgehead atoms. The molecule has 16 aromatic rings. The standard InChI is InChI=1S/4C26H25F3N6O/c4*1-16-14-34(15-30-16)22-12-9-18(31-25(22)36-3)10-13-23-32-24-20(11-8-17(2)35(24)33-23)19-6-4-5-7-21(19)26(27,28)29/h4*4-7,9-10,12-15,17,20H,8,11H2,1-3H3/b4*13-10+/t2*17-,20+;2*17-,20-/m1010/s1. The molecule has 0 unspecified atom stereocenters. The number of aryl methyl sites for hydroxylation is 4. The zero-order valence-electron chi connectivity index (χ0n) is 80.3. The Morgan fingerprint density at radius 1 is 0.264 bits per heavy atom. The SMILES string of the molecule is COc1nc(/C=C/c2nc3n(n2)[C@@H](C)CC[C@@H]3c2ccccc2C(F)(F)F)ccc1-n1cnc(C)c1.COc1nc(/C=C/c2nc3n(n2)[C@@H](C)CC[C@H]3c2ccccc2C(F)(F)F)ccc1-n1cnc(C)c1.COc1nc(/C=C/c2nc3n(n2)[C@H](C)CC[C@@H]3c2ccccc2C(F)(F)F)ccc1-n1cnc(C)c1.COc1nc(/C=C/c2nc3n(n2)[C@H](C)CC[C@H]3c2ccccc2C(F)(F)F)ccc1-n1cnc(C)c1. The van der Waals surface area contributed by atoms with Gasteiger partial charge in [0.1, 0.15) is 46.0 Å². The fourth-order valence-electron chi connectivity index (χ4n) is 18.4. The third-order valence-electron chi connectivity index (χ3n) is 25.5. The Kier molecular flexibility index (Phi) is 28.9. The molecule has 8 atom stereocenters. The van der Waals surface area contributed by atoms with Gasteiger partial charge in [0.25, 0.3) is 0 Å². The zero-order valence-corrected chi connectivity index (χ0v) is 80.3. The highest BCUT2D eigenvalue weighted by Crippen LogP contribution is 2.49. The van der Waals surface area contributed by atoms with Crippen LogP contribution in [0.15, 0.2) is 196 Å². The molecule has 28 nitrogen and oxygen atoms in total. The maximum atomic E-state index is 13.7. The van der Waals surface area contributed by atoms with Gasteiger partial charge in [-0.05, 0) is 250 Å². The van der Waals surface area contributed by atoms with Crippen LogP contribution in [0, 0.1) is 27.7 Å². The van der Waals surface area contributed by atoms with Gasteiger partial charge in [-0.2, -0.15) is 73.1 Å². The maximum Gasteiger partial charge on any atom is 0.416 e. The summed E-state index contributed by atoms with van der Waals surface area (Å²) in [5, 5.41) is 18.4. The highest BCUT2D eigenvalue weighted by atomic mass is 19.4. The molecule has 144 heavy (non-hydrogen) atoms. The molecule has 12 aromatic heterocycles. The van der Waals surface area contributed by atoms with Crippen LogP contribution < -0.4 is 18.9 Å². The normalized spacial score (nSPS) is 17.9. The summed E-state index contributed by atoms with van der Waals surface area (Å²) in [5.74, 6) is 3.66. The first-order chi connectivity index (χ1) is 69.0. The Bertz CT molecular complexity index is 6550. The van der Waals surface area contributed by atoms with Crippen LogP contribution in [0.1, 0.15) is 264 Å². The predicted octanol–water partition coefficient (Wildman–Crippen LogP) is 23.4. The van der Waals surface area contributed by atoms with Gasteiger partial charge in [-0.1, -0.05) is 72.8 Å². The zero-order chi connectivity index (χ0) is 102. The topological polar surface area (TPSA) is 283 Å². The average molecular weight is 1980 g/mol. The number of hydrogen-bond donors (Lipinski definition) is 0. The monoisotopic (exact) mass is 1980 g/mol. The fourth-order valence-corrected chi connectivity index (χ4v) is 18.4. The molecule has 744 valence electrons. The highest BCUT2D eigenvalue weighted by molar-refractivity contribution is 5.69. The second-order valence-corrected chi connectivity index (χ2v) is 35.4. The third kappa shape index (κ3) is 22.0. The molecule has 4 aliphatic heterocycles. The van der Waals surface area contributed by atoms with E-state index in [1.54, 1.807) is 145 Å². The van der Waals surface area contributed by atoms with Crippen molar-refractivity contribution in [2.75, 3.05) is 28.4 Å². The van der Waals surface area contributed by atoms with Crippen LogP contribution >= 0.6 is 0 Å². The van der Waals surface area contributed by atoms with E-state index in [-0.39, 0.29) is 46.4 Å². The molecule has 16 heterocycles. The molecular formula is C104H100F12N24O4. The van der Waals surface area contributed by atoms with Crippen LogP contribution in [-0.4, -0.2) is 146 Å². The van der Waals surface area contributed by atoms with E-state index < -0.39 is 70.6 Å². The molecule has 20 rings (SSSR count). The molecule has 4 aromatic carbocycles. The van der Waals surface area contributed by atoms with E-state index in [1.807, 2.05) is 147 Å². The van der Waals surface area contributed by atoms with E-state index in [9.17, 15) is 52.7 Å². The summed E-state index contributed by atoms with van der Waals surface area (Å²) >= 11 is 0. The minimum Gasteiger partial charge on any atom is -0.479 e. The van der Waals surface area contributed by atoms with Crippen LogP contribution in [0.25, 0.3) is 71.4 Å². The molecule has 0 amide bonds. The van der Waals surface area contributed by atoms with Crippen LogP contribution in [0.5, 0.6) is 23.5 Å². The van der Waals surface area contributed by atoms with Crippen LogP contribution in [0.4, 0.5) is 52.7 Å². The first kappa shape index (κ1) is 99.8. The molecular weight excluding hydrogens is 1880 g/mol. The summed E-state index contributed by atoms with van der Waals surface area (Å²) in [5.41, 5.74) is 7.49. The van der Waals surface area contributed by atoms with Gasteiger partial charge >= 0.3 is 24.7 Å². The molecule has 0 saturated heterocycles. The number of fused-ring (bicyclic) bond motifs is 4. The number of aromatic nitrogens is 24. The van der Waals surface area contributed by atoms with Crippen molar-refractivity contribution < 1.29 is 71.6 Å². The van der Waals surface area contributed by atoms with Crippen molar-refractivity contribution in [2.45, 2.75) is 179 Å². The van der Waals surface area contributed by atoms with Gasteiger partial charge in [0.2, 0.25) is 23.5 Å². The minimum atomic E-state index is -4.43. The van der Waals surface area contributed by atoms with Crippen molar-refractivity contribution in [2.24, 2.45) is 0 Å². The second-order valence-electron chi connectivity index (χ2n) is 35.4. The number of methoxy groups -OCH3 is 4. The number of halogens is 12.